The van der Waals surface area contributed by atoms with Gasteiger partial charge in [-0.3, -0.25) is 0 Å². The van der Waals surface area contributed by atoms with Crippen molar-refractivity contribution >= 4 is 0 Å². The third-order valence-corrected chi connectivity index (χ3v) is 2.88. The summed E-state index contributed by atoms with van der Waals surface area (Å²) in [7, 11) is 0. The molecule has 0 aromatic heterocycles. The molecule has 88 valence electrons. The average Bonchev–Trinajstić information content (AvgIpc) is 2.18. The van der Waals surface area contributed by atoms with Crippen molar-refractivity contribution in [3.8, 4) is 17.2 Å². The van der Waals surface area contributed by atoms with Gasteiger partial charge in [0.15, 0.2) is 0 Å². The van der Waals surface area contributed by atoms with Crippen LogP contribution >= 0.6 is 0 Å². The van der Waals surface area contributed by atoms with Crippen molar-refractivity contribution in [3.05, 3.63) is 17.7 Å². The predicted octanol–water partition coefficient (Wildman–Crippen LogP) is 1.42. The number of aliphatic hydroxyl groups excluding tert-OH is 1. The molecule has 3 N–H and O–H groups in total. The highest BCUT2D eigenvalue weighted by Gasteiger charge is 2.32. The van der Waals surface area contributed by atoms with Crippen LogP contribution in [0.5, 0.6) is 17.2 Å². The quantitative estimate of drug-likeness (QED) is 0.674. The lowest BCUT2D eigenvalue weighted by Gasteiger charge is -2.33. The summed E-state index contributed by atoms with van der Waals surface area (Å²) >= 11 is 0. The van der Waals surface area contributed by atoms with Crippen molar-refractivity contribution in [2.75, 3.05) is 0 Å². The molecule has 0 saturated heterocycles. The summed E-state index contributed by atoms with van der Waals surface area (Å²) in [6.07, 6.45) is -0.568. The number of phenolic OH excluding ortho intramolecular Hbond substituents is 2. The summed E-state index contributed by atoms with van der Waals surface area (Å²) in [6, 6.07) is 2.72. The molecule has 4 heteroatoms. The van der Waals surface area contributed by atoms with Gasteiger partial charge < -0.3 is 20.1 Å². The van der Waals surface area contributed by atoms with Gasteiger partial charge in [0.1, 0.15) is 23.4 Å². The average molecular weight is 224 g/mol. The second kappa shape index (κ2) is 3.87. The molecule has 16 heavy (non-hydrogen) atoms. The first-order valence-corrected chi connectivity index (χ1v) is 5.38. The topological polar surface area (TPSA) is 69.9 Å². The van der Waals surface area contributed by atoms with Crippen molar-refractivity contribution in [1.82, 2.24) is 0 Å². The van der Waals surface area contributed by atoms with Crippen LogP contribution in [0.1, 0.15) is 19.4 Å². The predicted molar refractivity (Wildman–Crippen MR) is 58.7 cm³/mol. The van der Waals surface area contributed by atoms with Crippen LogP contribution in [-0.2, 0) is 6.42 Å². The van der Waals surface area contributed by atoms with Crippen LogP contribution in [0, 0.1) is 5.92 Å². The van der Waals surface area contributed by atoms with Crippen molar-refractivity contribution in [2.24, 2.45) is 5.92 Å². The molecule has 2 rings (SSSR count). The summed E-state index contributed by atoms with van der Waals surface area (Å²) in [5.41, 5.74) is 0.558. The fraction of sp³-hybridized carbons (Fsp3) is 0.500. The number of rotatable bonds is 1. The number of ether oxygens (including phenoxy) is 1. The van der Waals surface area contributed by atoms with E-state index in [4.69, 9.17) is 4.74 Å². The minimum Gasteiger partial charge on any atom is -0.508 e. The van der Waals surface area contributed by atoms with E-state index >= 15 is 0 Å². The molecule has 0 amide bonds. The van der Waals surface area contributed by atoms with Crippen molar-refractivity contribution < 1.29 is 20.1 Å². The summed E-state index contributed by atoms with van der Waals surface area (Å²) in [5.74, 6) is 0.570. The molecule has 1 aliphatic heterocycles. The monoisotopic (exact) mass is 224 g/mol. The Bertz CT molecular complexity index is 400. The molecule has 1 aliphatic rings. The van der Waals surface area contributed by atoms with Crippen LogP contribution < -0.4 is 4.74 Å². The van der Waals surface area contributed by atoms with E-state index < -0.39 is 6.10 Å². The molecule has 0 fully saturated rings. The fourth-order valence-electron chi connectivity index (χ4n) is 2.06. The molecular weight excluding hydrogens is 208 g/mol. The first-order valence-electron chi connectivity index (χ1n) is 5.38. The standard InChI is InChI=1S/C12H16O4/c1-6(2)12-10(15)5-8-9(14)3-7(13)4-11(8)16-12/h3-4,6,10,12-15H,5H2,1-2H3/t10-,12-/m0/s1. The molecule has 0 saturated carbocycles. The van der Waals surface area contributed by atoms with Crippen molar-refractivity contribution in [2.45, 2.75) is 32.5 Å². The Balaban J connectivity index is 2.39. The minimum absolute atomic E-state index is 0.0312. The number of aliphatic hydroxyl groups is 1. The van der Waals surface area contributed by atoms with Crippen LogP contribution in [0.25, 0.3) is 0 Å². The van der Waals surface area contributed by atoms with Gasteiger partial charge in [0, 0.05) is 24.1 Å². The maximum Gasteiger partial charge on any atom is 0.130 e. The van der Waals surface area contributed by atoms with E-state index in [2.05, 4.69) is 0 Å². The third-order valence-electron chi connectivity index (χ3n) is 2.88. The highest BCUT2D eigenvalue weighted by molar-refractivity contribution is 5.50. The SMILES string of the molecule is CC(C)[C@@H]1Oc2cc(O)cc(O)c2C[C@@H]1O. The molecular formula is C12H16O4. The molecule has 0 radical (unpaired) electrons. The van der Waals surface area contributed by atoms with Crippen molar-refractivity contribution in [3.63, 3.8) is 0 Å². The van der Waals surface area contributed by atoms with E-state index in [0.29, 0.717) is 17.7 Å². The summed E-state index contributed by atoms with van der Waals surface area (Å²) in [6.45, 7) is 3.92. The number of phenols is 2. The van der Waals surface area contributed by atoms with Gasteiger partial charge in [0.05, 0.1) is 6.10 Å². The number of hydrogen-bond donors (Lipinski definition) is 3. The number of fused-ring (bicyclic) bond motifs is 1. The van der Waals surface area contributed by atoms with E-state index in [1.165, 1.54) is 12.1 Å². The molecule has 1 aromatic rings. The Hall–Kier alpha value is -1.42. The zero-order valence-electron chi connectivity index (χ0n) is 9.34. The van der Waals surface area contributed by atoms with E-state index in [1.54, 1.807) is 0 Å². The Morgan fingerprint density at radius 1 is 1.31 bits per heavy atom. The smallest absolute Gasteiger partial charge is 0.130 e. The molecule has 2 atom stereocenters. The molecule has 0 unspecified atom stereocenters. The second-order valence-electron chi connectivity index (χ2n) is 4.54. The van der Waals surface area contributed by atoms with E-state index in [9.17, 15) is 15.3 Å². The van der Waals surface area contributed by atoms with Crippen LogP contribution in [0.15, 0.2) is 12.1 Å². The van der Waals surface area contributed by atoms with Gasteiger partial charge >= 0.3 is 0 Å². The van der Waals surface area contributed by atoms with Crippen LogP contribution in [0.4, 0.5) is 0 Å². The Kier molecular flexibility index (Phi) is 2.68. The van der Waals surface area contributed by atoms with Gasteiger partial charge in [-0.1, -0.05) is 13.8 Å². The molecule has 1 heterocycles. The van der Waals surface area contributed by atoms with E-state index in [1.807, 2.05) is 13.8 Å². The first-order chi connectivity index (χ1) is 7.49. The number of benzene rings is 1. The molecule has 0 aliphatic carbocycles. The van der Waals surface area contributed by atoms with Gasteiger partial charge in [-0.2, -0.15) is 0 Å². The minimum atomic E-state index is -0.622. The molecule has 0 bridgehead atoms. The van der Waals surface area contributed by atoms with Crippen LogP contribution in [0.2, 0.25) is 0 Å². The van der Waals surface area contributed by atoms with Gasteiger partial charge in [0.2, 0.25) is 0 Å². The van der Waals surface area contributed by atoms with Crippen LogP contribution in [0.3, 0.4) is 0 Å². The van der Waals surface area contributed by atoms with E-state index in [-0.39, 0.29) is 23.5 Å². The number of hydrogen-bond acceptors (Lipinski definition) is 4. The maximum atomic E-state index is 9.88. The Labute approximate surface area is 94.1 Å². The van der Waals surface area contributed by atoms with Crippen LogP contribution in [-0.4, -0.2) is 27.5 Å². The Morgan fingerprint density at radius 3 is 2.62 bits per heavy atom. The summed E-state index contributed by atoms with van der Waals surface area (Å²) in [5, 5.41) is 28.9. The van der Waals surface area contributed by atoms with Gasteiger partial charge in [-0.05, 0) is 5.92 Å². The van der Waals surface area contributed by atoms with Gasteiger partial charge in [0.25, 0.3) is 0 Å². The lowest BCUT2D eigenvalue weighted by Crippen LogP contribution is -2.41. The largest absolute Gasteiger partial charge is 0.508 e. The zero-order valence-corrected chi connectivity index (χ0v) is 9.34. The normalized spacial score (nSPS) is 24.0. The second-order valence-corrected chi connectivity index (χ2v) is 4.54. The van der Waals surface area contributed by atoms with Crippen molar-refractivity contribution in [1.29, 1.82) is 0 Å². The third kappa shape index (κ3) is 1.80. The lowest BCUT2D eigenvalue weighted by molar-refractivity contribution is -0.00477. The maximum absolute atomic E-state index is 9.88. The van der Waals surface area contributed by atoms with E-state index in [0.717, 1.165) is 0 Å². The molecule has 1 aromatic carbocycles. The molecule has 4 nitrogen and oxygen atoms in total. The number of aromatic hydroxyl groups is 2. The summed E-state index contributed by atoms with van der Waals surface area (Å²) in [4.78, 5) is 0. The highest BCUT2D eigenvalue weighted by Crippen LogP contribution is 2.38. The molecule has 0 spiro atoms. The lowest BCUT2D eigenvalue weighted by atomic mass is 9.92. The van der Waals surface area contributed by atoms with Gasteiger partial charge in [-0.25, -0.2) is 0 Å². The Morgan fingerprint density at radius 2 is 2.00 bits per heavy atom. The highest BCUT2D eigenvalue weighted by atomic mass is 16.5. The van der Waals surface area contributed by atoms with Gasteiger partial charge in [-0.15, -0.1) is 0 Å². The first kappa shape index (κ1) is 11.1. The fourth-order valence-corrected chi connectivity index (χ4v) is 2.06. The zero-order chi connectivity index (χ0) is 11.9. The summed E-state index contributed by atoms with van der Waals surface area (Å²) < 4.78 is 5.60.